The van der Waals surface area contributed by atoms with E-state index in [4.69, 9.17) is 15.6 Å². The number of benzene rings is 1. The number of rotatable bonds is 7. The number of carbonyl (C=O) groups is 2. The van der Waals surface area contributed by atoms with Crippen LogP contribution in [0, 0.1) is 10.1 Å². The number of methoxy groups -OCH3 is 1. The average Bonchev–Trinajstić information content (AvgIpc) is 2.42. The molecule has 1 aromatic rings. The zero-order chi connectivity index (χ0) is 15.3. The van der Waals surface area contributed by atoms with Gasteiger partial charge >= 0.3 is 11.7 Å². The summed E-state index contributed by atoms with van der Waals surface area (Å²) >= 11 is 0. The van der Waals surface area contributed by atoms with Crippen molar-refractivity contribution in [1.29, 1.82) is 0 Å². The fourth-order valence-corrected chi connectivity index (χ4v) is 1.61. The van der Waals surface area contributed by atoms with Gasteiger partial charge < -0.3 is 15.6 Å². The lowest BCUT2D eigenvalue weighted by molar-refractivity contribution is -0.385. The highest BCUT2D eigenvalue weighted by Gasteiger charge is 2.22. The van der Waals surface area contributed by atoms with Crippen LogP contribution in [0.1, 0.15) is 23.2 Å². The van der Waals surface area contributed by atoms with Gasteiger partial charge in [0, 0.05) is 18.1 Å². The zero-order valence-electron chi connectivity index (χ0n) is 10.7. The third kappa shape index (κ3) is 3.75. The summed E-state index contributed by atoms with van der Waals surface area (Å²) < 4.78 is 4.82. The van der Waals surface area contributed by atoms with Gasteiger partial charge in [0.1, 0.15) is 0 Å². The van der Waals surface area contributed by atoms with Crippen molar-refractivity contribution in [2.45, 2.75) is 18.9 Å². The molecule has 0 aromatic heterocycles. The molecule has 1 atom stereocenters. The molecule has 0 fully saturated rings. The summed E-state index contributed by atoms with van der Waals surface area (Å²) in [5, 5.41) is 19.4. The van der Waals surface area contributed by atoms with Crippen LogP contribution >= 0.6 is 0 Å². The largest absolute Gasteiger partial charge is 0.490 e. The minimum absolute atomic E-state index is 0.0330. The quantitative estimate of drug-likeness (QED) is 0.432. The summed E-state index contributed by atoms with van der Waals surface area (Å²) in [6, 6.07) is 2.71. The molecule has 0 aliphatic carbocycles. The number of ether oxygens (including phenoxy) is 1. The van der Waals surface area contributed by atoms with Crippen molar-refractivity contribution < 1.29 is 24.4 Å². The Morgan fingerprint density at radius 3 is 2.65 bits per heavy atom. The number of nitrogens with zero attached hydrogens (tertiary/aromatic N) is 1. The van der Waals surface area contributed by atoms with Gasteiger partial charge in [-0.15, -0.1) is 0 Å². The number of aliphatic carboxylic acids is 1. The number of nitro benzene ring substituents is 1. The fourth-order valence-electron chi connectivity index (χ4n) is 1.61. The predicted molar refractivity (Wildman–Crippen MR) is 68.8 cm³/mol. The number of hydrogen-bond acceptors (Lipinski definition) is 6. The molecule has 0 spiro atoms. The number of nitro groups is 1. The Bertz CT molecular complexity index is 543. The van der Waals surface area contributed by atoms with E-state index in [0.717, 1.165) is 6.07 Å². The lowest BCUT2D eigenvalue weighted by Crippen LogP contribution is -2.31. The van der Waals surface area contributed by atoms with Crippen LogP contribution < -0.4 is 10.5 Å². The maximum Gasteiger partial charge on any atom is 0.311 e. The molecule has 1 aromatic carbocycles. The van der Waals surface area contributed by atoms with Gasteiger partial charge in [0.2, 0.25) is 0 Å². The Labute approximate surface area is 114 Å². The molecule has 0 amide bonds. The van der Waals surface area contributed by atoms with Gasteiger partial charge in [0.05, 0.1) is 18.1 Å². The van der Waals surface area contributed by atoms with Crippen LogP contribution in [-0.2, 0) is 4.79 Å². The van der Waals surface area contributed by atoms with E-state index in [1.165, 1.54) is 19.2 Å². The highest BCUT2D eigenvalue weighted by atomic mass is 16.6. The number of carboxylic acids is 1. The van der Waals surface area contributed by atoms with Gasteiger partial charge in [-0.3, -0.25) is 19.7 Å². The predicted octanol–water partition coefficient (Wildman–Crippen LogP) is 0.978. The standard InChI is InChI=1S/C12H14N2O6/c1-20-10-4-2-7(6-9(10)14(18)19)12(17)8(13)3-5-11(15)16/h2,4,6,8H,3,5,13H2,1H3,(H,15,16). The third-order valence-electron chi connectivity index (χ3n) is 2.67. The smallest absolute Gasteiger partial charge is 0.311 e. The molecule has 8 heteroatoms. The molecule has 0 saturated carbocycles. The minimum Gasteiger partial charge on any atom is -0.490 e. The van der Waals surface area contributed by atoms with Crippen molar-refractivity contribution >= 4 is 17.4 Å². The average molecular weight is 282 g/mol. The van der Waals surface area contributed by atoms with Crippen LogP contribution in [0.3, 0.4) is 0 Å². The molecule has 8 nitrogen and oxygen atoms in total. The normalized spacial score (nSPS) is 11.7. The van der Waals surface area contributed by atoms with E-state index in [9.17, 15) is 19.7 Å². The van der Waals surface area contributed by atoms with Crippen LogP contribution in [0.15, 0.2) is 18.2 Å². The highest BCUT2D eigenvalue weighted by Crippen LogP contribution is 2.28. The molecule has 0 bridgehead atoms. The Balaban J connectivity index is 2.96. The Hall–Kier alpha value is -2.48. The summed E-state index contributed by atoms with van der Waals surface area (Å²) in [7, 11) is 1.28. The summed E-state index contributed by atoms with van der Waals surface area (Å²) in [6.45, 7) is 0. The molecule has 108 valence electrons. The Morgan fingerprint density at radius 2 is 2.15 bits per heavy atom. The lowest BCUT2D eigenvalue weighted by atomic mass is 10.0. The molecular formula is C12H14N2O6. The van der Waals surface area contributed by atoms with E-state index in [1.807, 2.05) is 0 Å². The molecule has 0 aliphatic heterocycles. The van der Waals surface area contributed by atoms with Crippen LogP contribution in [0.4, 0.5) is 5.69 Å². The van der Waals surface area contributed by atoms with E-state index in [-0.39, 0.29) is 29.8 Å². The van der Waals surface area contributed by atoms with Crippen LogP contribution in [0.2, 0.25) is 0 Å². The van der Waals surface area contributed by atoms with Crippen LogP contribution in [-0.4, -0.2) is 34.9 Å². The molecule has 20 heavy (non-hydrogen) atoms. The number of ketones is 1. The second-order valence-electron chi connectivity index (χ2n) is 4.05. The van der Waals surface area contributed by atoms with E-state index in [2.05, 4.69) is 0 Å². The van der Waals surface area contributed by atoms with Crippen molar-refractivity contribution in [3.05, 3.63) is 33.9 Å². The highest BCUT2D eigenvalue weighted by molar-refractivity contribution is 6.00. The number of carboxylic acid groups (broad SMARTS) is 1. The van der Waals surface area contributed by atoms with Crippen LogP contribution in [0.25, 0.3) is 0 Å². The zero-order valence-corrected chi connectivity index (χ0v) is 10.7. The van der Waals surface area contributed by atoms with Crippen molar-refractivity contribution in [2.24, 2.45) is 5.73 Å². The first kappa shape index (κ1) is 15.6. The second-order valence-corrected chi connectivity index (χ2v) is 4.05. The van der Waals surface area contributed by atoms with Crippen molar-refractivity contribution in [2.75, 3.05) is 7.11 Å². The fraction of sp³-hybridized carbons (Fsp3) is 0.333. The first-order valence-electron chi connectivity index (χ1n) is 5.70. The van der Waals surface area contributed by atoms with Gasteiger partial charge in [0.25, 0.3) is 0 Å². The molecule has 0 radical (unpaired) electrons. The Morgan fingerprint density at radius 1 is 1.50 bits per heavy atom. The molecule has 0 saturated heterocycles. The monoisotopic (exact) mass is 282 g/mol. The topological polar surface area (TPSA) is 133 Å². The lowest BCUT2D eigenvalue weighted by Gasteiger charge is -2.10. The molecule has 3 N–H and O–H groups in total. The first-order chi connectivity index (χ1) is 9.36. The van der Waals surface area contributed by atoms with E-state index < -0.39 is 22.7 Å². The molecule has 0 aliphatic rings. The molecule has 1 unspecified atom stereocenters. The van der Waals surface area contributed by atoms with Crippen molar-refractivity contribution in [3.8, 4) is 5.75 Å². The SMILES string of the molecule is COc1ccc(C(=O)C(N)CCC(=O)O)cc1[N+](=O)[O-]. The summed E-state index contributed by atoms with van der Waals surface area (Å²) in [6.07, 6.45) is -0.279. The molecular weight excluding hydrogens is 268 g/mol. The number of nitrogens with two attached hydrogens (primary N) is 1. The Kier molecular flexibility index (Phi) is 5.15. The van der Waals surface area contributed by atoms with E-state index in [1.54, 1.807) is 0 Å². The number of hydrogen-bond donors (Lipinski definition) is 2. The van der Waals surface area contributed by atoms with Crippen molar-refractivity contribution in [3.63, 3.8) is 0 Å². The number of carbonyl (C=O) groups excluding carboxylic acids is 1. The maximum atomic E-state index is 12.0. The van der Waals surface area contributed by atoms with Gasteiger partial charge in [-0.2, -0.15) is 0 Å². The summed E-state index contributed by atoms with van der Waals surface area (Å²) in [5.41, 5.74) is 5.29. The minimum atomic E-state index is -1.06. The molecule has 1 rings (SSSR count). The molecule has 0 heterocycles. The summed E-state index contributed by atoms with van der Waals surface area (Å²) in [4.78, 5) is 32.5. The second kappa shape index (κ2) is 6.62. The van der Waals surface area contributed by atoms with Gasteiger partial charge in [0.15, 0.2) is 11.5 Å². The van der Waals surface area contributed by atoms with Crippen LogP contribution in [0.5, 0.6) is 5.75 Å². The number of Topliss-reactive ketones (excluding diaryl/α,β-unsaturated/α-hetero) is 1. The third-order valence-corrected chi connectivity index (χ3v) is 2.67. The van der Waals surface area contributed by atoms with Gasteiger partial charge in [-0.1, -0.05) is 0 Å². The van der Waals surface area contributed by atoms with E-state index in [0.29, 0.717) is 0 Å². The van der Waals surface area contributed by atoms with Gasteiger partial charge in [-0.25, -0.2) is 0 Å². The van der Waals surface area contributed by atoms with Gasteiger partial charge in [-0.05, 0) is 18.6 Å². The summed E-state index contributed by atoms with van der Waals surface area (Å²) in [5.74, 6) is -1.57. The van der Waals surface area contributed by atoms with Crippen molar-refractivity contribution in [1.82, 2.24) is 0 Å². The van der Waals surface area contributed by atoms with E-state index >= 15 is 0 Å². The maximum absolute atomic E-state index is 12.0. The first-order valence-corrected chi connectivity index (χ1v) is 5.70.